The number of carbonyl (C=O) groups excluding carboxylic acids is 1. The molecule has 0 atom stereocenters. The van der Waals surface area contributed by atoms with Crippen molar-refractivity contribution < 1.29 is 9.18 Å². The average molecular weight is 344 g/mol. The van der Waals surface area contributed by atoms with Crippen LogP contribution in [0.2, 0.25) is 5.02 Å². The third kappa shape index (κ3) is 3.24. The van der Waals surface area contributed by atoms with E-state index in [9.17, 15) is 9.18 Å². The van der Waals surface area contributed by atoms with Gasteiger partial charge in [-0.25, -0.2) is 4.39 Å². The molecular formula is C13H9BrClFN2O. The molecule has 1 amide bonds. The Morgan fingerprint density at radius 2 is 2.00 bits per heavy atom. The molecule has 2 aromatic carbocycles. The number of nitrogen functional groups attached to an aromatic ring is 1. The molecule has 3 nitrogen and oxygen atoms in total. The van der Waals surface area contributed by atoms with Crippen molar-refractivity contribution >= 4 is 44.8 Å². The Labute approximate surface area is 122 Å². The van der Waals surface area contributed by atoms with Crippen molar-refractivity contribution in [2.45, 2.75) is 0 Å². The lowest BCUT2D eigenvalue weighted by Gasteiger charge is -2.08. The van der Waals surface area contributed by atoms with E-state index in [2.05, 4.69) is 21.2 Å². The van der Waals surface area contributed by atoms with Gasteiger partial charge in [-0.3, -0.25) is 4.79 Å². The van der Waals surface area contributed by atoms with Crippen molar-refractivity contribution in [3.05, 3.63) is 57.3 Å². The predicted molar refractivity (Wildman–Crippen MR) is 77.9 cm³/mol. The standard InChI is InChI=1S/C13H9BrClFN2O/c14-10-6-8(2-4-12(10)17)18-13(19)9-5-7(15)1-3-11(9)16/h1-6H,17H2,(H,18,19). The maximum Gasteiger partial charge on any atom is 0.258 e. The molecule has 2 aromatic rings. The second-order valence-electron chi connectivity index (χ2n) is 3.81. The first-order valence-corrected chi connectivity index (χ1v) is 6.46. The lowest BCUT2D eigenvalue weighted by Crippen LogP contribution is -2.13. The molecule has 0 fully saturated rings. The van der Waals surface area contributed by atoms with Gasteiger partial charge in [0.1, 0.15) is 5.82 Å². The van der Waals surface area contributed by atoms with Gasteiger partial charge in [0.05, 0.1) is 5.56 Å². The number of halogens is 3. The zero-order chi connectivity index (χ0) is 14.0. The van der Waals surface area contributed by atoms with Crippen LogP contribution in [0.15, 0.2) is 40.9 Å². The fourth-order valence-electron chi connectivity index (χ4n) is 1.47. The van der Waals surface area contributed by atoms with E-state index >= 15 is 0 Å². The normalized spacial score (nSPS) is 10.3. The number of hydrogen-bond acceptors (Lipinski definition) is 2. The minimum Gasteiger partial charge on any atom is -0.398 e. The molecule has 0 aliphatic carbocycles. The zero-order valence-electron chi connectivity index (χ0n) is 9.58. The molecule has 3 N–H and O–H groups in total. The van der Waals surface area contributed by atoms with E-state index in [0.717, 1.165) is 6.07 Å². The highest BCUT2D eigenvalue weighted by molar-refractivity contribution is 9.10. The van der Waals surface area contributed by atoms with Gasteiger partial charge in [0.2, 0.25) is 0 Å². The summed E-state index contributed by atoms with van der Waals surface area (Å²) in [6, 6.07) is 8.70. The largest absolute Gasteiger partial charge is 0.398 e. The molecule has 2 rings (SSSR count). The lowest BCUT2D eigenvalue weighted by molar-refractivity contribution is 0.102. The van der Waals surface area contributed by atoms with Crippen LogP contribution in [-0.2, 0) is 0 Å². The van der Waals surface area contributed by atoms with E-state index in [0.29, 0.717) is 20.9 Å². The molecule has 98 valence electrons. The molecule has 0 unspecified atom stereocenters. The highest BCUT2D eigenvalue weighted by Gasteiger charge is 2.12. The van der Waals surface area contributed by atoms with Gasteiger partial charge in [0.15, 0.2) is 0 Å². The Morgan fingerprint density at radius 3 is 2.68 bits per heavy atom. The van der Waals surface area contributed by atoms with Gasteiger partial charge in [0.25, 0.3) is 5.91 Å². The first-order chi connectivity index (χ1) is 8.97. The van der Waals surface area contributed by atoms with E-state index in [-0.39, 0.29) is 5.56 Å². The fourth-order valence-corrected chi connectivity index (χ4v) is 2.03. The van der Waals surface area contributed by atoms with Crippen LogP contribution < -0.4 is 11.1 Å². The van der Waals surface area contributed by atoms with Gasteiger partial charge in [0, 0.05) is 20.9 Å². The third-order valence-electron chi connectivity index (χ3n) is 2.43. The Hall–Kier alpha value is -1.59. The van der Waals surface area contributed by atoms with Crippen molar-refractivity contribution in [3.8, 4) is 0 Å². The monoisotopic (exact) mass is 342 g/mol. The maximum atomic E-state index is 13.5. The van der Waals surface area contributed by atoms with Crippen LogP contribution in [0, 0.1) is 5.82 Å². The topological polar surface area (TPSA) is 55.1 Å². The number of carbonyl (C=O) groups is 1. The number of nitrogens with one attached hydrogen (secondary N) is 1. The van der Waals surface area contributed by atoms with Crippen LogP contribution in [0.3, 0.4) is 0 Å². The number of rotatable bonds is 2. The summed E-state index contributed by atoms with van der Waals surface area (Å²) >= 11 is 8.99. The van der Waals surface area contributed by atoms with Crippen molar-refractivity contribution in [3.63, 3.8) is 0 Å². The van der Waals surface area contributed by atoms with E-state index in [4.69, 9.17) is 17.3 Å². The molecular weight excluding hydrogens is 335 g/mol. The molecule has 0 bridgehead atoms. The van der Waals surface area contributed by atoms with Crippen molar-refractivity contribution in [2.75, 3.05) is 11.1 Å². The van der Waals surface area contributed by atoms with Crippen molar-refractivity contribution in [2.24, 2.45) is 0 Å². The smallest absolute Gasteiger partial charge is 0.258 e. The van der Waals surface area contributed by atoms with E-state index < -0.39 is 11.7 Å². The van der Waals surface area contributed by atoms with Gasteiger partial charge >= 0.3 is 0 Å². The Bertz CT molecular complexity index is 649. The molecule has 0 heterocycles. The van der Waals surface area contributed by atoms with Crippen LogP contribution in [-0.4, -0.2) is 5.91 Å². The van der Waals surface area contributed by atoms with Gasteiger partial charge < -0.3 is 11.1 Å². The molecule has 0 saturated carbocycles. The third-order valence-corrected chi connectivity index (χ3v) is 3.35. The number of amides is 1. The lowest BCUT2D eigenvalue weighted by atomic mass is 10.2. The summed E-state index contributed by atoms with van der Waals surface area (Å²) in [5, 5.41) is 2.87. The minimum absolute atomic E-state index is 0.111. The summed E-state index contributed by atoms with van der Waals surface area (Å²) in [7, 11) is 0. The molecule has 0 aliphatic rings. The minimum atomic E-state index is -0.628. The molecule has 0 aliphatic heterocycles. The van der Waals surface area contributed by atoms with Crippen molar-refractivity contribution in [1.82, 2.24) is 0 Å². The van der Waals surface area contributed by atoms with Crippen molar-refractivity contribution in [1.29, 1.82) is 0 Å². The maximum absolute atomic E-state index is 13.5. The number of nitrogens with two attached hydrogens (primary N) is 1. The Morgan fingerprint density at radius 1 is 1.26 bits per heavy atom. The molecule has 0 radical (unpaired) electrons. The van der Waals surface area contributed by atoms with Crippen LogP contribution >= 0.6 is 27.5 Å². The summed E-state index contributed by atoms with van der Waals surface area (Å²) in [4.78, 5) is 11.9. The second-order valence-corrected chi connectivity index (χ2v) is 5.11. The van der Waals surface area contributed by atoms with Gasteiger partial charge in [-0.05, 0) is 52.3 Å². The number of hydrogen-bond donors (Lipinski definition) is 2. The molecule has 19 heavy (non-hydrogen) atoms. The van der Waals surface area contributed by atoms with Crippen LogP contribution in [0.5, 0.6) is 0 Å². The predicted octanol–water partition coefficient (Wildman–Crippen LogP) is 4.08. The summed E-state index contributed by atoms with van der Waals surface area (Å²) in [5.41, 5.74) is 6.58. The highest BCUT2D eigenvalue weighted by Crippen LogP contribution is 2.24. The molecule has 0 saturated heterocycles. The fraction of sp³-hybridized carbons (Fsp3) is 0. The first-order valence-electron chi connectivity index (χ1n) is 5.29. The SMILES string of the molecule is Nc1ccc(NC(=O)c2cc(Cl)ccc2F)cc1Br. The quantitative estimate of drug-likeness (QED) is 0.807. The summed E-state index contributed by atoms with van der Waals surface area (Å²) in [6.45, 7) is 0. The molecule has 0 spiro atoms. The molecule has 6 heteroatoms. The summed E-state index contributed by atoms with van der Waals surface area (Å²) in [5.74, 6) is -1.20. The highest BCUT2D eigenvalue weighted by atomic mass is 79.9. The van der Waals surface area contributed by atoms with Gasteiger partial charge in [-0.15, -0.1) is 0 Å². The van der Waals surface area contributed by atoms with Crippen LogP contribution in [0.25, 0.3) is 0 Å². The van der Waals surface area contributed by atoms with E-state index in [1.54, 1.807) is 18.2 Å². The Kier molecular flexibility index (Phi) is 4.07. The van der Waals surface area contributed by atoms with Crippen LogP contribution in [0.4, 0.5) is 15.8 Å². The molecule has 0 aromatic heterocycles. The van der Waals surface area contributed by atoms with E-state index in [1.165, 1.54) is 12.1 Å². The summed E-state index contributed by atoms with van der Waals surface area (Å²) in [6.07, 6.45) is 0. The zero-order valence-corrected chi connectivity index (χ0v) is 11.9. The Balaban J connectivity index is 2.25. The van der Waals surface area contributed by atoms with Crippen LogP contribution in [0.1, 0.15) is 10.4 Å². The number of anilines is 2. The van der Waals surface area contributed by atoms with E-state index in [1.807, 2.05) is 0 Å². The first kappa shape index (κ1) is 13.8. The van der Waals surface area contributed by atoms with Gasteiger partial charge in [-0.2, -0.15) is 0 Å². The second kappa shape index (κ2) is 5.59. The van der Waals surface area contributed by atoms with Gasteiger partial charge in [-0.1, -0.05) is 11.6 Å². The number of benzene rings is 2. The summed E-state index contributed by atoms with van der Waals surface area (Å²) < 4.78 is 14.2. The average Bonchev–Trinajstić information content (AvgIpc) is 2.36.